The summed E-state index contributed by atoms with van der Waals surface area (Å²) >= 11 is 0. The van der Waals surface area contributed by atoms with Crippen LogP contribution in [-0.4, -0.2) is 37.0 Å². The Morgan fingerprint density at radius 3 is 1.86 bits per heavy atom. The molecule has 1 amide bonds. The third kappa shape index (κ3) is 3.94. The van der Waals surface area contributed by atoms with Crippen molar-refractivity contribution in [3.8, 4) is 0 Å². The third-order valence-electron chi connectivity index (χ3n) is 5.47. The first-order valence-corrected chi connectivity index (χ1v) is 9.93. The van der Waals surface area contributed by atoms with Crippen LogP contribution < -0.4 is 4.90 Å². The molecule has 1 heterocycles. The van der Waals surface area contributed by atoms with E-state index < -0.39 is 0 Å². The quantitative estimate of drug-likeness (QED) is 0.676. The monoisotopic (exact) mass is 370 g/mol. The van der Waals surface area contributed by atoms with Crippen molar-refractivity contribution in [2.45, 2.75) is 12.8 Å². The lowest BCUT2D eigenvalue weighted by atomic mass is 9.90. The van der Waals surface area contributed by atoms with E-state index in [4.69, 9.17) is 0 Å². The van der Waals surface area contributed by atoms with Crippen molar-refractivity contribution >= 4 is 11.6 Å². The van der Waals surface area contributed by atoms with Gasteiger partial charge in [-0.1, -0.05) is 72.8 Å². The molecule has 1 fully saturated rings. The van der Waals surface area contributed by atoms with Gasteiger partial charge in [0.1, 0.15) is 0 Å². The minimum Gasteiger partial charge on any atom is -0.368 e. The summed E-state index contributed by atoms with van der Waals surface area (Å²) in [7, 11) is 0. The maximum Gasteiger partial charge on any atom is 0.234 e. The largest absolute Gasteiger partial charge is 0.368 e. The smallest absolute Gasteiger partial charge is 0.234 e. The second kappa shape index (κ2) is 8.30. The Morgan fingerprint density at radius 2 is 1.32 bits per heavy atom. The van der Waals surface area contributed by atoms with Crippen molar-refractivity contribution < 1.29 is 4.79 Å². The van der Waals surface area contributed by atoms with Gasteiger partial charge >= 0.3 is 0 Å². The Labute approximate surface area is 167 Å². The van der Waals surface area contributed by atoms with E-state index >= 15 is 0 Å². The van der Waals surface area contributed by atoms with Crippen LogP contribution in [0.25, 0.3) is 0 Å². The predicted octanol–water partition coefficient (Wildman–Crippen LogP) is 4.48. The number of hydrogen-bond acceptors (Lipinski definition) is 2. The highest BCUT2D eigenvalue weighted by molar-refractivity contribution is 5.87. The van der Waals surface area contributed by atoms with E-state index in [9.17, 15) is 4.79 Å². The van der Waals surface area contributed by atoms with Crippen LogP contribution in [0.3, 0.4) is 0 Å². The minimum atomic E-state index is -0.243. The third-order valence-corrected chi connectivity index (χ3v) is 5.47. The van der Waals surface area contributed by atoms with Crippen LogP contribution >= 0.6 is 0 Å². The fraction of sp³-hybridized carbons (Fsp3) is 0.240. The number of anilines is 1. The first-order valence-electron chi connectivity index (χ1n) is 9.93. The lowest BCUT2D eigenvalue weighted by Gasteiger charge is -2.38. The standard InChI is InChI=1S/C25H26N2O/c1-20-9-8-14-23(19-20)26-15-17-27(18-16-26)25(28)24(21-10-4-2-5-11-21)22-12-6-3-7-13-22/h2-14,19,24H,15-18H2,1H3. The Hall–Kier alpha value is -3.07. The molecule has 0 aliphatic carbocycles. The van der Waals surface area contributed by atoms with E-state index in [1.165, 1.54) is 11.3 Å². The minimum absolute atomic E-state index is 0.196. The Morgan fingerprint density at radius 1 is 0.750 bits per heavy atom. The second-order valence-electron chi connectivity index (χ2n) is 7.41. The summed E-state index contributed by atoms with van der Waals surface area (Å²) in [4.78, 5) is 17.9. The van der Waals surface area contributed by atoms with Crippen LogP contribution in [0.15, 0.2) is 84.9 Å². The molecule has 0 atom stereocenters. The van der Waals surface area contributed by atoms with Gasteiger partial charge in [0.25, 0.3) is 0 Å². The normalized spacial score (nSPS) is 14.4. The molecular weight excluding hydrogens is 344 g/mol. The van der Waals surface area contributed by atoms with E-state index in [1.807, 2.05) is 41.3 Å². The molecule has 1 saturated heterocycles. The molecule has 142 valence electrons. The average molecular weight is 370 g/mol. The fourth-order valence-corrected chi connectivity index (χ4v) is 3.96. The average Bonchev–Trinajstić information content (AvgIpc) is 2.75. The van der Waals surface area contributed by atoms with Gasteiger partial charge in [0, 0.05) is 31.9 Å². The molecule has 0 aromatic heterocycles. The Balaban J connectivity index is 1.52. The van der Waals surface area contributed by atoms with Crippen LogP contribution in [0.1, 0.15) is 22.6 Å². The maximum absolute atomic E-state index is 13.5. The number of benzene rings is 3. The fourth-order valence-electron chi connectivity index (χ4n) is 3.96. The predicted molar refractivity (Wildman–Crippen MR) is 115 cm³/mol. The van der Waals surface area contributed by atoms with Gasteiger partial charge in [0.15, 0.2) is 0 Å². The molecule has 0 bridgehead atoms. The lowest BCUT2D eigenvalue weighted by molar-refractivity contribution is -0.132. The first kappa shape index (κ1) is 18.3. The molecule has 0 spiro atoms. The maximum atomic E-state index is 13.5. The molecule has 28 heavy (non-hydrogen) atoms. The molecule has 3 aromatic rings. The highest BCUT2D eigenvalue weighted by Crippen LogP contribution is 2.28. The molecule has 0 saturated carbocycles. The number of rotatable bonds is 4. The number of piperazine rings is 1. The molecule has 3 aromatic carbocycles. The summed E-state index contributed by atoms with van der Waals surface area (Å²) in [6, 6.07) is 28.8. The van der Waals surface area contributed by atoms with Crippen molar-refractivity contribution in [1.82, 2.24) is 4.90 Å². The van der Waals surface area contributed by atoms with Crippen LogP contribution in [-0.2, 0) is 4.79 Å². The summed E-state index contributed by atoms with van der Waals surface area (Å²) in [6.45, 7) is 5.36. The van der Waals surface area contributed by atoms with Gasteiger partial charge in [0.05, 0.1) is 5.92 Å². The molecule has 0 unspecified atom stereocenters. The number of hydrogen-bond donors (Lipinski definition) is 0. The van der Waals surface area contributed by atoms with E-state index in [-0.39, 0.29) is 11.8 Å². The molecule has 3 nitrogen and oxygen atoms in total. The van der Waals surface area contributed by atoms with Gasteiger partial charge in [-0.2, -0.15) is 0 Å². The SMILES string of the molecule is Cc1cccc(N2CCN(C(=O)C(c3ccccc3)c3ccccc3)CC2)c1. The number of carbonyl (C=O) groups excluding carboxylic acids is 1. The van der Waals surface area contributed by atoms with Gasteiger partial charge in [-0.3, -0.25) is 4.79 Å². The summed E-state index contributed by atoms with van der Waals surface area (Å²) in [5.41, 5.74) is 4.62. The van der Waals surface area contributed by atoms with E-state index in [1.54, 1.807) is 0 Å². The lowest BCUT2D eigenvalue weighted by Crippen LogP contribution is -2.50. The topological polar surface area (TPSA) is 23.6 Å². The molecule has 4 rings (SSSR count). The van der Waals surface area contributed by atoms with Gasteiger partial charge in [0.2, 0.25) is 5.91 Å². The van der Waals surface area contributed by atoms with Gasteiger partial charge in [-0.25, -0.2) is 0 Å². The number of amides is 1. The summed E-state index contributed by atoms with van der Waals surface area (Å²) in [5.74, 6) is -0.0470. The molecule has 1 aliphatic rings. The zero-order valence-corrected chi connectivity index (χ0v) is 16.3. The van der Waals surface area contributed by atoms with Crippen molar-refractivity contribution in [3.05, 3.63) is 102 Å². The van der Waals surface area contributed by atoms with Crippen LogP contribution in [0, 0.1) is 6.92 Å². The van der Waals surface area contributed by atoms with Gasteiger partial charge in [-0.15, -0.1) is 0 Å². The zero-order chi connectivity index (χ0) is 19.3. The Kier molecular flexibility index (Phi) is 5.43. The van der Waals surface area contributed by atoms with E-state index in [0.717, 1.165) is 37.3 Å². The second-order valence-corrected chi connectivity index (χ2v) is 7.41. The molecule has 0 N–H and O–H groups in total. The molecule has 0 radical (unpaired) electrons. The number of nitrogens with zero attached hydrogens (tertiary/aromatic N) is 2. The Bertz CT molecular complexity index is 876. The van der Waals surface area contributed by atoms with Gasteiger partial charge < -0.3 is 9.80 Å². The molecular formula is C25H26N2O. The van der Waals surface area contributed by atoms with Crippen LogP contribution in [0.4, 0.5) is 5.69 Å². The summed E-state index contributed by atoms with van der Waals surface area (Å²) in [5, 5.41) is 0. The number of aryl methyl sites for hydroxylation is 1. The zero-order valence-electron chi connectivity index (χ0n) is 16.3. The molecule has 1 aliphatic heterocycles. The van der Waals surface area contributed by atoms with Crippen molar-refractivity contribution in [2.24, 2.45) is 0 Å². The molecule has 3 heteroatoms. The van der Waals surface area contributed by atoms with Crippen molar-refractivity contribution in [1.29, 1.82) is 0 Å². The van der Waals surface area contributed by atoms with Crippen LogP contribution in [0.5, 0.6) is 0 Å². The van der Waals surface area contributed by atoms with Gasteiger partial charge in [-0.05, 0) is 35.7 Å². The van der Waals surface area contributed by atoms with Crippen LogP contribution in [0.2, 0.25) is 0 Å². The summed E-state index contributed by atoms with van der Waals surface area (Å²) in [6.07, 6.45) is 0. The van der Waals surface area contributed by atoms with E-state index in [2.05, 4.69) is 60.4 Å². The van der Waals surface area contributed by atoms with Crippen molar-refractivity contribution in [3.63, 3.8) is 0 Å². The van der Waals surface area contributed by atoms with Crippen molar-refractivity contribution in [2.75, 3.05) is 31.1 Å². The first-order chi connectivity index (χ1) is 13.7. The highest BCUT2D eigenvalue weighted by Gasteiger charge is 2.29. The summed E-state index contributed by atoms with van der Waals surface area (Å²) < 4.78 is 0. The van der Waals surface area contributed by atoms with E-state index in [0.29, 0.717) is 0 Å². The highest BCUT2D eigenvalue weighted by atomic mass is 16.2. The number of carbonyl (C=O) groups is 1.